The van der Waals surface area contributed by atoms with Gasteiger partial charge in [0, 0.05) is 13.3 Å². The molecule has 0 aromatic carbocycles. The van der Waals surface area contributed by atoms with E-state index in [1.807, 2.05) is 0 Å². The second-order valence-electron chi connectivity index (χ2n) is 3.88. The molecule has 0 unspecified atom stereocenters. The van der Waals surface area contributed by atoms with Gasteiger partial charge in [-0.25, -0.2) is 0 Å². The molecule has 1 aliphatic carbocycles. The summed E-state index contributed by atoms with van der Waals surface area (Å²) in [6.45, 7) is -2.94. The van der Waals surface area contributed by atoms with Crippen LogP contribution in [0.4, 0.5) is 0 Å². The lowest BCUT2D eigenvalue weighted by molar-refractivity contribution is -0.138. The van der Waals surface area contributed by atoms with Crippen LogP contribution in [-0.2, 0) is 4.79 Å². The monoisotopic (exact) mass is 218 g/mol. The Kier molecular flexibility index (Phi) is 2.38. The van der Waals surface area contributed by atoms with E-state index >= 15 is 0 Å². The summed E-state index contributed by atoms with van der Waals surface area (Å²) in [6, 6.07) is -0.657. The van der Waals surface area contributed by atoms with Gasteiger partial charge >= 0.3 is 5.97 Å². The fraction of sp³-hybridized carbons (Fsp3) is 0.750. The Morgan fingerprint density at radius 1 is 1.73 bits per heavy atom. The number of carboxylic acid groups (broad SMARTS) is 1. The molecule has 0 radical (unpaired) electrons. The summed E-state index contributed by atoms with van der Waals surface area (Å²) in [7, 11) is 0. The zero-order valence-electron chi connectivity index (χ0n) is 14.4. The van der Waals surface area contributed by atoms with E-state index in [2.05, 4.69) is 0 Å². The molecule has 1 fully saturated rings. The number of hydrogen-bond donors (Lipinski definition) is 2. The Morgan fingerprint density at radius 3 is 3.20 bits per heavy atom. The van der Waals surface area contributed by atoms with Gasteiger partial charge < -0.3 is 10.2 Å². The molecule has 0 saturated heterocycles. The average molecular weight is 218 g/mol. The molecule has 1 aliphatic rings. The lowest BCUT2D eigenvalue weighted by Gasteiger charge is -2.18. The molecule has 15 heavy (non-hydrogen) atoms. The maximum atomic E-state index is 10.8. The molecule has 0 aromatic heterocycles. The van der Waals surface area contributed by atoms with Crippen LogP contribution in [0.15, 0.2) is 12.1 Å². The Morgan fingerprint density at radius 2 is 2.53 bits per heavy atom. The summed E-state index contributed by atoms with van der Waals surface area (Å²) in [6.07, 6.45) is -1.25. The van der Waals surface area contributed by atoms with Crippen molar-refractivity contribution in [2.24, 2.45) is 11.8 Å². The van der Waals surface area contributed by atoms with Crippen molar-refractivity contribution in [2.75, 3.05) is 0 Å². The summed E-state index contributed by atoms with van der Waals surface area (Å²) in [5.41, 5.74) is 0. The first-order chi connectivity index (χ1) is 9.46. The smallest absolute Gasteiger partial charge is 0.303 e. The number of aliphatic hydroxyl groups is 1. The molecular weight excluding hydrogens is 192 g/mol. The maximum absolute atomic E-state index is 10.8. The summed E-state index contributed by atoms with van der Waals surface area (Å²) in [5.74, 6) is -1.58. The minimum absolute atomic E-state index is 0.0882. The molecule has 86 valence electrons. The lowest BCUT2D eigenvalue weighted by Crippen LogP contribution is -2.20. The van der Waals surface area contributed by atoms with Gasteiger partial charge in [0.2, 0.25) is 0 Å². The molecular formula is C12H20O3. The van der Waals surface area contributed by atoms with Gasteiger partial charge in [0.15, 0.2) is 0 Å². The Hall–Kier alpha value is -0.830. The number of carbonyl (C=O) groups is 1. The standard InChI is InChI=1S/C12H20O3/c1-2-3-4-5-10-9(8-12(14)15)6-7-11(10)13/h3-4,9-11,13H,2,5-8H2,1H3,(H,14,15)/b4-3-/t9-,10-,11+/m1/s1/i1D3,2D2,3D. The maximum Gasteiger partial charge on any atom is 0.303 e. The van der Waals surface area contributed by atoms with Crippen LogP contribution in [0, 0.1) is 11.8 Å². The van der Waals surface area contributed by atoms with Crippen molar-refractivity contribution < 1.29 is 23.2 Å². The molecule has 0 bridgehead atoms. The number of carboxylic acids is 1. The SMILES string of the molecule is [2H]/C(=C/C[C@@H]1[C@@H](CC(=O)O)CC[C@@H]1O)C([2H])([2H])C([2H])([2H])[2H]. The third kappa shape index (κ3) is 3.67. The van der Waals surface area contributed by atoms with Gasteiger partial charge in [0.05, 0.1) is 7.47 Å². The van der Waals surface area contributed by atoms with E-state index in [1.54, 1.807) is 0 Å². The first kappa shape index (κ1) is 6.04. The number of aliphatic hydroxyl groups excluding tert-OH is 1. The molecule has 0 spiro atoms. The van der Waals surface area contributed by atoms with Crippen molar-refractivity contribution in [1.29, 1.82) is 0 Å². The summed E-state index contributed by atoms with van der Waals surface area (Å²) in [5, 5.41) is 18.7. The number of hydrogen-bond acceptors (Lipinski definition) is 2. The summed E-state index contributed by atoms with van der Waals surface area (Å²) < 4.78 is 43.8. The predicted octanol–water partition coefficient (Wildman–Crippen LogP) is 2.20. The molecule has 1 saturated carbocycles. The van der Waals surface area contributed by atoms with Gasteiger partial charge in [-0.3, -0.25) is 4.79 Å². The zero-order valence-corrected chi connectivity index (χ0v) is 8.44. The van der Waals surface area contributed by atoms with Crippen molar-refractivity contribution in [3.05, 3.63) is 12.1 Å². The molecule has 0 aromatic rings. The van der Waals surface area contributed by atoms with Gasteiger partial charge in [0.1, 0.15) is 0 Å². The third-order valence-electron chi connectivity index (χ3n) is 2.93. The van der Waals surface area contributed by atoms with Crippen molar-refractivity contribution in [3.63, 3.8) is 0 Å². The number of aliphatic carboxylic acids is 1. The molecule has 2 N–H and O–H groups in total. The van der Waals surface area contributed by atoms with E-state index in [1.165, 1.54) is 0 Å². The molecule has 1 rings (SSSR count). The molecule has 3 atom stereocenters. The van der Waals surface area contributed by atoms with Crippen LogP contribution in [0.25, 0.3) is 0 Å². The van der Waals surface area contributed by atoms with Crippen LogP contribution >= 0.6 is 0 Å². The first-order valence-electron chi connectivity index (χ1n) is 8.04. The molecule has 0 aliphatic heterocycles. The highest BCUT2D eigenvalue weighted by Gasteiger charge is 2.34. The highest BCUT2D eigenvalue weighted by Crippen LogP contribution is 2.36. The number of rotatable bonds is 5. The normalized spacial score (nSPS) is 39.5. The topological polar surface area (TPSA) is 57.5 Å². The van der Waals surface area contributed by atoms with Crippen molar-refractivity contribution in [1.82, 2.24) is 0 Å². The first-order valence-corrected chi connectivity index (χ1v) is 5.04. The number of allylic oxidation sites excluding steroid dienone is 2. The average Bonchev–Trinajstić information content (AvgIpc) is 2.65. The van der Waals surface area contributed by atoms with Crippen LogP contribution in [0.1, 0.15) is 47.1 Å². The van der Waals surface area contributed by atoms with E-state index in [9.17, 15) is 9.90 Å². The van der Waals surface area contributed by atoms with E-state index < -0.39 is 31.4 Å². The van der Waals surface area contributed by atoms with E-state index in [4.69, 9.17) is 13.3 Å². The second kappa shape index (κ2) is 5.91. The largest absolute Gasteiger partial charge is 0.481 e. The Bertz CT molecular complexity index is 418. The van der Waals surface area contributed by atoms with E-state index in [-0.39, 0.29) is 24.7 Å². The molecule has 3 nitrogen and oxygen atoms in total. The van der Waals surface area contributed by atoms with Crippen LogP contribution in [0.2, 0.25) is 0 Å². The zero-order chi connectivity index (χ0) is 16.4. The highest BCUT2D eigenvalue weighted by atomic mass is 16.4. The Balaban J connectivity index is 2.79. The minimum atomic E-state index is -2.94. The summed E-state index contributed by atoms with van der Waals surface area (Å²) >= 11 is 0. The van der Waals surface area contributed by atoms with Gasteiger partial charge in [0.25, 0.3) is 0 Å². The van der Waals surface area contributed by atoms with E-state index in [0.29, 0.717) is 12.8 Å². The molecule has 0 amide bonds. The third-order valence-corrected chi connectivity index (χ3v) is 2.93. The van der Waals surface area contributed by atoms with Crippen molar-refractivity contribution in [3.8, 4) is 0 Å². The molecule has 3 heteroatoms. The van der Waals surface area contributed by atoms with Gasteiger partial charge in [-0.05, 0) is 37.5 Å². The van der Waals surface area contributed by atoms with Crippen molar-refractivity contribution >= 4 is 5.97 Å². The highest BCUT2D eigenvalue weighted by molar-refractivity contribution is 5.67. The van der Waals surface area contributed by atoms with Crippen LogP contribution in [0.5, 0.6) is 0 Å². The van der Waals surface area contributed by atoms with Gasteiger partial charge in [-0.15, -0.1) is 0 Å². The van der Waals surface area contributed by atoms with Crippen LogP contribution < -0.4 is 0 Å². The summed E-state index contributed by atoms with van der Waals surface area (Å²) in [4.78, 5) is 10.8. The minimum Gasteiger partial charge on any atom is -0.481 e. The fourth-order valence-corrected chi connectivity index (χ4v) is 2.20. The fourth-order valence-electron chi connectivity index (χ4n) is 2.20. The van der Waals surface area contributed by atoms with Gasteiger partial charge in [-0.1, -0.05) is 19.0 Å². The predicted molar refractivity (Wildman–Crippen MR) is 58.5 cm³/mol. The second-order valence-corrected chi connectivity index (χ2v) is 3.88. The van der Waals surface area contributed by atoms with Crippen LogP contribution in [0.3, 0.4) is 0 Å². The lowest BCUT2D eigenvalue weighted by atomic mass is 9.89. The Labute approximate surface area is 99.2 Å². The van der Waals surface area contributed by atoms with E-state index in [0.717, 1.165) is 6.08 Å². The molecule has 0 heterocycles. The van der Waals surface area contributed by atoms with Crippen molar-refractivity contribution in [2.45, 2.75) is 45.0 Å². The quantitative estimate of drug-likeness (QED) is 0.695. The van der Waals surface area contributed by atoms with Crippen LogP contribution in [-0.4, -0.2) is 22.3 Å². The van der Waals surface area contributed by atoms with Gasteiger partial charge in [-0.2, -0.15) is 0 Å².